The lowest BCUT2D eigenvalue weighted by Crippen LogP contribution is -2.37. The van der Waals surface area contributed by atoms with Crippen molar-refractivity contribution in [2.24, 2.45) is 0 Å². The Labute approximate surface area is 82.6 Å². The van der Waals surface area contributed by atoms with Gasteiger partial charge in [0.15, 0.2) is 0 Å². The second-order valence-corrected chi connectivity index (χ2v) is 3.03. The van der Waals surface area contributed by atoms with E-state index in [-0.39, 0.29) is 11.9 Å². The molecule has 0 radical (unpaired) electrons. The molecule has 0 aromatic rings. The zero-order valence-electron chi connectivity index (χ0n) is 8.24. The van der Waals surface area contributed by atoms with Crippen LogP contribution in [0.25, 0.3) is 0 Å². The molecule has 0 aliphatic heterocycles. The van der Waals surface area contributed by atoms with E-state index in [2.05, 4.69) is 10.1 Å². The maximum atomic E-state index is 11.3. The molecule has 14 heavy (non-hydrogen) atoms. The number of rotatable bonds is 2. The number of allylic oxidation sites excluding steroid dienone is 2. The lowest BCUT2D eigenvalue weighted by Gasteiger charge is -2.20. The molecular formula is C10H13NO3. The molecule has 4 heteroatoms. The number of nitrogens with one attached hydrogen (secondary N) is 1. The molecule has 0 saturated heterocycles. The Kier molecular flexibility index (Phi) is 3.45. The average molecular weight is 195 g/mol. The fraction of sp³-hybridized carbons (Fsp3) is 0.400. The number of esters is 1. The highest BCUT2D eigenvalue weighted by Crippen LogP contribution is 2.14. The van der Waals surface area contributed by atoms with Crippen LogP contribution in [0.15, 0.2) is 23.8 Å². The predicted molar refractivity (Wildman–Crippen MR) is 51.5 cm³/mol. The van der Waals surface area contributed by atoms with Gasteiger partial charge in [0.1, 0.15) is 0 Å². The fourth-order valence-corrected chi connectivity index (χ4v) is 1.34. The topological polar surface area (TPSA) is 55.4 Å². The Bertz CT molecular complexity index is 304. The minimum Gasteiger partial charge on any atom is -0.466 e. The molecule has 1 N–H and O–H groups in total. The zero-order valence-corrected chi connectivity index (χ0v) is 8.24. The third kappa shape index (κ3) is 2.45. The molecule has 1 rings (SSSR count). The molecule has 0 aromatic carbocycles. The number of carbonyl (C=O) groups excluding carboxylic acids is 2. The van der Waals surface area contributed by atoms with E-state index in [4.69, 9.17) is 0 Å². The van der Waals surface area contributed by atoms with Gasteiger partial charge in [-0.05, 0) is 12.5 Å². The van der Waals surface area contributed by atoms with Crippen LogP contribution in [0, 0.1) is 0 Å². The number of amides is 1. The van der Waals surface area contributed by atoms with Crippen LogP contribution in [0.4, 0.5) is 0 Å². The van der Waals surface area contributed by atoms with Crippen LogP contribution in [0.3, 0.4) is 0 Å². The van der Waals surface area contributed by atoms with Crippen molar-refractivity contribution in [3.05, 3.63) is 23.8 Å². The first-order valence-corrected chi connectivity index (χ1v) is 4.37. The average Bonchev–Trinajstić information content (AvgIpc) is 2.16. The summed E-state index contributed by atoms with van der Waals surface area (Å²) in [4.78, 5) is 22.1. The Balaban J connectivity index is 2.76. The fourth-order valence-electron chi connectivity index (χ4n) is 1.34. The molecule has 0 saturated carbocycles. The zero-order chi connectivity index (χ0) is 10.6. The van der Waals surface area contributed by atoms with Crippen molar-refractivity contribution in [1.82, 2.24) is 5.32 Å². The second-order valence-electron chi connectivity index (χ2n) is 3.03. The van der Waals surface area contributed by atoms with Crippen LogP contribution in [-0.2, 0) is 14.3 Å². The van der Waals surface area contributed by atoms with E-state index < -0.39 is 5.97 Å². The highest BCUT2D eigenvalue weighted by atomic mass is 16.5. The third-order valence-electron chi connectivity index (χ3n) is 1.96. The molecule has 0 aromatic heterocycles. The lowest BCUT2D eigenvalue weighted by molar-refractivity contribution is -0.136. The van der Waals surface area contributed by atoms with Gasteiger partial charge in [-0.15, -0.1) is 0 Å². The van der Waals surface area contributed by atoms with Gasteiger partial charge in [-0.2, -0.15) is 0 Å². The lowest BCUT2D eigenvalue weighted by atomic mass is 9.99. The van der Waals surface area contributed by atoms with E-state index in [1.807, 2.05) is 6.08 Å². The van der Waals surface area contributed by atoms with Gasteiger partial charge in [-0.3, -0.25) is 4.79 Å². The van der Waals surface area contributed by atoms with Crippen molar-refractivity contribution < 1.29 is 14.3 Å². The van der Waals surface area contributed by atoms with Crippen molar-refractivity contribution in [2.45, 2.75) is 19.4 Å². The Morgan fingerprint density at radius 2 is 2.29 bits per heavy atom. The Hall–Kier alpha value is -1.58. The Morgan fingerprint density at radius 3 is 2.86 bits per heavy atom. The maximum absolute atomic E-state index is 11.3. The minimum absolute atomic E-state index is 0.153. The summed E-state index contributed by atoms with van der Waals surface area (Å²) in [5, 5.41) is 2.69. The van der Waals surface area contributed by atoms with E-state index in [1.54, 1.807) is 12.2 Å². The number of hydrogen-bond donors (Lipinski definition) is 1. The van der Waals surface area contributed by atoms with Gasteiger partial charge in [0.2, 0.25) is 5.91 Å². The normalized spacial score (nSPS) is 19.9. The number of hydrogen-bond acceptors (Lipinski definition) is 3. The standard InChI is InChI=1S/C10H13NO3/c1-7(12)11-9-6-4-3-5-8(9)10(13)14-2/h3-5,9H,6H2,1-2H3,(H,11,12). The maximum Gasteiger partial charge on any atom is 0.335 e. The monoisotopic (exact) mass is 195 g/mol. The summed E-state index contributed by atoms with van der Waals surface area (Å²) in [5.41, 5.74) is 0.491. The largest absolute Gasteiger partial charge is 0.466 e. The summed E-state index contributed by atoms with van der Waals surface area (Å²) in [6.45, 7) is 1.42. The SMILES string of the molecule is COC(=O)C1=CC=CCC1NC(C)=O. The van der Waals surface area contributed by atoms with Crippen LogP contribution < -0.4 is 5.32 Å². The van der Waals surface area contributed by atoms with E-state index in [0.29, 0.717) is 12.0 Å². The number of ether oxygens (including phenoxy) is 1. The molecule has 0 bridgehead atoms. The highest BCUT2D eigenvalue weighted by Gasteiger charge is 2.22. The summed E-state index contributed by atoms with van der Waals surface area (Å²) in [5.74, 6) is -0.548. The van der Waals surface area contributed by atoms with E-state index >= 15 is 0 Å². The number of methoxy groups -OCH3 is 1. The quantitative estimate of drug-likeness (QED) is 0.655. The smallest absolute Gasteiger partial charge is 0.335 e. The molecule has 0 heterocycles. The molecule has 1 aliphatic rings. The minimum atomic E-state index is -0.395. The first-order chi connectivity index (χ1) is 6.65. The summed E-state index contributed by atoms with van der Waals surface area (Å²) < 4.78 is 4.61. The molecule has 0 spiro atoms. The summed E-state index contributed by atoms with van der Waals surface area (Å²) in [6.07, 6.45) is 5.97. The molecule has 76 valence electrons. The highest BCUT2D eigenvalue weighted by molar-refractivity contribution is 5.91. The van der Waals surface area contributed by atoms with Gasteiger partial charge < -0.3 is 10.1 Å². The third-order valence-corrected chi connectivity index (χ3v) is 1.96. The van der Waals surface area contributed by atoms with Crippen LogP contribution >= 0.6 is 0 Å². The molecule has 1 aliphatic carbocycles. The van der Waals surface area contributed by atoms with Gasteiger partial charge in [0.05, 0.1) is 18.7 Å². The van der Waals surface area contributed by atoms with Crippen LogP contribution in [0.5, 0.6) is 0 Å². The van der Waals surface area contributed by atoms with Gasteiger partial charge in [0, 0.05) is 6.92 Å². The first-order valence-electron chi connectivity index (χ1n) is 4.37. The Morgan fingerprint density at radius 1 is 1.57 bits per heavy atom. The van der Waals surface area contributed by atoms with Gasteiger partial charge in [-0.25, -0.2) is 4.79 Å². The summed E-state index contributed by atoms with van der Waals surface area (Å²) in [6, 6.07) is -0.259. The van der Waals surface area contributed by atoms with Crippen molar-refractivity contribution in [3.8, 4) is 0 Å². The second kappa shape index (κ2) is 4.60. The molecule has 0 fully saturated rings. The predicted octanol–water partition coefficient (Wildman–Crippen LogP) is 0.550. The molecule has 1 amide bonds. The van der Waals surface area contributed by atoms with Crippen molar-refractivity contribution in [1.29, 1.82) is 0 Å². The van der Waals surface area contributed by atoms with Crippen LogP contribution in [0.2, 0.25) is 0 Å². The van der Waals surface area contributed by atoms with Crippen LogP contribution in [0.1, 0.15) is 13.3 Å². The molecule has 4 nitrogen and oxygen atoms in total. The van der Waals surface area contributed by atoms with E-state index in [0.717, 1.165) is 0 Å². The summed E-state index contributed by atoms with van der Waals surface area (Å²) in [7, 11) is 1.33. The van der Waals surface area contributed by atoms with Gasteiger partial charge in [-0.1, -0.05) is 12.2 Å². The number of carbonyl (C=O) groups is 2. The van der Waals surface area contributed by atoms with Crippen molar-refractivity contribution in [2.75, 3.05) is 7.11 Å². The molecule has 1 atom stereocenters. The first kappa shape index (κ1) is 10.5. The molecule has 1 unspecified atom stereocenters. The summed E-state index contributed by atoms with van der Waals surface area (Å²) >= 11 is 0. The van der Waals surface area contributed by atoms with E-state index in [9.17, 15) is 9.59 Å². The van der Waals surface area contributed by atoms with Gasteiger partial charge in [0.25, 0.3) is 0 Å². The van der Waals surface area contributed by atoms with E-state index in [1.165, 1.54) is 14.0 Å². The van der Waals surface area contributed by atoms with Gasteiger partial charge >= 0.3 is 5.97 Å². The van der Waals surface area contributed by atoms with Crippen LogP contribution in [-0.4, -0.2) is 25.0 Å². The molecular weight excluding hydrogens is 182 g/mol. The van der Waals surface area contributed by atoms with Crippen molar-refractivity contribution >= 4 is 11.9 Å². The van der Waals surface area contributed by atoms with Crippen molar-refractivity contribution in [3.63, 3.8) is 0 Å².